The number of hydrogen-bond donors (Lipinski definition) is 3. The van der Waals surface area contributed by atoms with Crippen molar-refractivity contribution in [2.75, 3.05) is 26.8 Å². The summed E-state index contributed by atoms with van der Waals surface area (Å²) in [5, 5.41) is 5.25. The second kappa shape index (κ2) is 9.06. The zero-order valence-electron chi connectivity index (χ0n) is 11.6. The summed E-state index contributed by atoms with van der Waals surface area (Å²) in [7, 11) is 1.58. The van der Waals surface area contributed by atoms with Gasteiger partial charge >= 0.3 is 0 Å². The molecule has 6 heteroatoms. The van der Waals surface area contributed by atoms with Crippen LogP contribution >= 0.6 is 0 Å². The van der Waals surface area contributed by atoms with Crippen LogP contribution in [-0.4, -0.2) is 44.7 Å². The first-order chi connectivity index (χ1) is 9.65. The predicted octanol–water partition coefficient (Wildman–Crippen LogP) is -0.565. The van der Waals surface area contributed by atoms with Crippen LogP contribution in [0.3, 0.4) is 0 Å². The van der Waals surface area contributed by atoms with Gasteiger partial charge in [-0.3, -0.25) is 9.59 Å². The Hall–Kier alpha value is -1.92. The lowest BCUT2D eigenvalue weighted by Gasteiger charge is -2.18. The third-order valence-electron chi connectivity index (χ3n) is 2.69. The molecule has 0 aliphatic carbocycles. The van der Waals surface area contributed by atoms with Crippen molar-refractivity contribution in [2.24, 2.45) is 5.73 Å². The number of nitrogens with two attached hydrogens (primary N) is 1. The lowest BCUT2D eigenvalue weighted by molar-refractivity contribution is -0.126. The van der Waals surface area contributed by atoms with Gasteiger partial charge in [0.2, 0.25) is 11.8 Å². The number of methoxy groups -OCH3 is 1. The molecule has 1 atom stereocenters. The summed E-state index contributed by atoms with van der Waals surface area (Å²) in [5.74, 6) is -0.615. The first kappa shape index (κ1) is 16.1. The van der Waals surface area contributed by atoms with Gasteiger partial charge in [-0.15, -0.1) is 0 Å². The van der Waals surface area contributed by atoms with E-state index < -0.39 is 0 Å². The smallest absolute Gasteiger partial charge is 0.239 e. The van der Waals surface area contributed by atoms with E-state index in [0.29, 0.717) is 13.0 Å². The average Bonchev–Trinajstić information content (AvgIpc) is 2.46. The van der Waals surface area contributed by atoms with Crippen molar-refractivity contribution in [3.63, 3.8) is 0 Å². The molecule has 0 spiro atoms. The number of nitrogens with one attached hydrogen (secondary N) is 2. The minimum Gasteiger partial charge on any atom is -0.383 e. The Morgan fingerprint density at radius 3 is 2.55 bits per heavy atom. The van der Waals surface area contributed by atoms with Crippen molar-refractivity contribution in [3.05, 3.63) is 35.9 Å². The maximum atomic E-state index is 11.7. The van der Waals surface area contributed by atoms with E-state index in [4.69, 9.17) is 10.5 Å². The molecule has 0 aromatic heterocycles. The number of carbonyl (C=O) groups is 2. The Labute approximate surface area is 118 Å². The molecule has 0 fully saturated rings. The van der Waals surface area contributed by atoms with Crippen LogP contribution in [0.4, 0.5) is 0 Å². The van der Waals surface area contributed by atoms with E-state index in [0.717, 1.165) is 5.56 Å². The molecule has 0 aliphatic heterocycles. The number of rotatable bonds is 8. The van der Waals surface area contributed by atoms with Crippen LogP contribution in [0.2, 0.25) is 0 Å². The molecule has 0 unspecified atom stereocenters. The summed E-state index contributed by atoms with van der Waals surface area (Å²) in [5.41, 5.74) is 6.26. The second-order valence-corrected chi connectivity index (χ2v) is 4.39. The van der Waals surface area contributed by atoms with E-state index in [1.54, 1.807) is 7.11 Å². The number of ether oxygens (including phenoxy) is 1. The third kappa shape index (κ3) is 6.31. The molecule has 2 amide bonds. The van der Waals surface area contributed by atoms with Crippen LogP contribution in [0, 0.1) is 0 Å². The zero-order valence-corrected chi connectivity index (χ0v) is 11.6. The molecule has 110 valence electrons. The molecule has 20 heavy (non-hydrogen) atoms. The van der Waals surface area contributed by atoms with Crippen LogP contribution in [-0.2, 0) is 20.7 Å². The molecule has 6 nitrogen and oxygen atoms in total. The largest absolute Gasteiger partial charge is 0.383 e. The molecule has 0 aliphatic rings. The Balaban J connectivity index is 2.46. The van der Waals surface area contributed by atoms with E-state index in [1.807, 2.05) is 30.3 Å². The summed E-state index contributed by atoms with van der Waals surface area (Å²) in [6.45, 7) is 0.204. The Kier molecular flexibility index (Phi) is 7.31. The normalized spacial score (nSPS) is 11.7. The molecule has 0 heterocycles. The van der Waals surface area contributed by atoms with Gasteiger partial charge < -0.3 is 21.1 Å². The number of benzene rings is 1. The van der Waals surface area contributed by atoms with Crippen molar-refractivity contribution in [3.8, 4) is 0 Å². The van der Waals surface area contributed by atoms with Gasteiger partial charge in [-0.05, 0) is 12.0 Å². The number of hydrogen-bond acceptors (Lipinski definition) is 4. The number of amides is 2. The highest BCUT2D eigenvalue weighted by Crippen LogP contribution is 2.03. The van der Waals surface area contributed by atoms with Crippen LogP contribution in [0.1, 0.15) is 5.56 Å². The molecule has 0 bridgehead atoms. The SMILES string of the molecule is COC[C@H](Cc1ccccc1)NC(=O)CNC(=O)CN. The van der Waals surface area contributed by atoms with Crippen molar-refractivity contribution < 1.29 is 14.3 Å². The second-order valence-electron chi connectivity index (χ2n) is 4.39. The highest BCUT2D eigenvalue weighted by atomic mass is 16.5. The van der Waals surface area contributed by atoms with Gasteiger partial charge in [0.1, 0.15) is 0 Å². The first-order valence-corrected chi connectivity index (χ1v) is 6.44. The molecule has 0 saturated carbocycles. The Morgan fingerprint density at radius 1 is 1.25 bits per heavy atom. The highest BCUT2D eigenvalue weighted by molar-refractivity contribution is 5.85. The standard InChI is InChI=1S/C14H21N3O3/c1-20-10-12(7-11-5-3-2-4-6-11)17-14(19)9-16-13(18)8-15/h2-6,12H,7-10,15H2,1H3,(H,16,18)(H,17,19)/t12-/m0/s1. The Bertz CT molecular complexity index is 423. The quantitative estimate of drug-likeness (QED) is 0.594. The van der Waals surface area contributed by atoms with E-state index in [1.165, 1.54) is 0 Å². The van der Waals surface area contributed by atoms with Crippen LogP contribution < -0.4 is 16.4 Å². The minimum absolute atomic E-state index is 0.0783. The molecule has 1 aromatic rings. The van der Waals surface area contributed by atoms with Crippen molar-refractivity contribution in [1.82, 2.24) is 10.6 Å². The third-order valence-corrected chi connectivity index (χ3v) is 2.69. The summed E-state index contributed by atoms with van der Waals surface area (Å²) < 4.78 is 5.10. The van der Waals surface area contributed by atoms with E-state index in [2.05, 4.69) is 10.6 Å². The maximum Gasteiger partial charge on any atom is 0.239 e. The topological polar surface area (TPSA) is 93.5 Å². The maximum absolute atomic E-state index is 11.7. The fraction of sp³-hybridized carbons (Fsp3) is 0.429. The van der Waals surface area contributed by atoms with E-state index in [9.17, 15) is 9.59 Å². The van der Waals surface area contributed by atoms with Gasteiger partial charge in [0.25, 0.3) is 0 Å². The summed E-state index contributed by atoms with van der Waals surface area (Å²) >= 11 is 0. The van der Waals surface area contributed by atoms with Crippen LogP contribution in [0.25, 0.3) is 0 Å². The molecular weight excluding hydrogens is 258 g/mol. The van der Waals surface area contributed by atoms with Gasteiger partial charge in [0.15, 0.2) is 0 Å². The molecule has 4 N–H and O–H groups in total. The van der Waals surface area contributed by atoms with Gasteiger partial charge in [-0.2, -0.15) is 0 Å². The molecular formula is C14H21N3O3. The van der Waals surface area contributed by atoms with Crippen LogP contribution in [0.5, 0.6) is 0 Å². The Morgan fingerprint density at radius 2 is 1.95 bits per heavy atom. The fourth-order valence-corrected chi connectivity index (χ4v) is 1.78. The minimum atomic E-state index is -0.355. The lowest BCUT2D eigenvalue weighted by atomic mass is 10.1. The summed E-state index contributed by atoms with van der Waals surface area (Å²) in [4.78, 5) is 22.7. The summed E-state index contributed by atoms with van der Waals surface area (Å²) in [6.07, 6.45) is 0.672. The van der Waals surface area contributed by atoms with E-state index >= 15 is 0 Å². The summed E-state index contributed by atoms with van der Waals surface area (Å²) in [6, 6.07) is 9.68. The molecule has 1 aromatic carbocycles. The monoisotopic (exact) mass is 279 g/mol. The fourth-order valence-electron chi connectivity index (χ4n) is 1.78. The molecule has 0 radical (unpaired) electrons. The van der Waals surface area contributed by atoms with Gasteiger partial charge in [0, 0.05) is 7.11 Å². The van der Waals surface area contributed by atoms with Crippen molar-refractivity contribution >= 4 is 11.8 Å². The molecule has 0 saturated heterocycles. The zero-order chi connectivity index (χ0) is 14.8. The average molecular weight is 279 g/mol. The molecule has 1 rings (SSSR count). The van der Waals surface area contributed by atoms with E-state index in [-0.39, 0.29) is 30.9 Å². The number of carbonyl (C=O) groups excluding carboxylic acids is 2. The van der Waals surface area contributed by atoms with Gasteiger partial charge in [-0.1, -0.05) is 30.3 Å². The van der Waals surface area contributed by atoms with Gasteiger partial charge in [-0.25, -0.2) is 0 Å². The lowest BCUT2D eigenvalue weighted by Crippen LogP contribution is -2.45. The predicted molar refractivity (Wildman–Crippen MR) is 76.0 cm³/mol. The van der Waals surface area contributed by atoms with Crippen LogP contribution in [0.15, 0.2) is 30.3 Å². The van der Waals surface area contributed by atoms with Gasteiger partial charge in [0.05, 0.1) is 25.7 Å². The van der Waals surface area contributed by atoms with Crippen molar-refractivity contribution in [2.45, 2.75) is 12.5 Å². The first-order valence-electron chi connectivity index (χ1n) is 6.44. The highest BCUT2D eigenvalue weighted by Gasteiger charge is 2.13. The van der Waals surface area contributed by atoms with Crippen molar-refractivity contribution in [1.29, 1.82) is 0 Å².